The maximum absolute atomic E-state index is 13.7. The molecule has 0 fully saturated rings. The summed E-state index contributed by atoms with van der Waals surface area (Å²) in [4.78, 5) is 13.8. The van der Waals surface area contributed by atoms with Gasteiger partial charge in [-0.3, -0.25) is 9.52 Å². The van der Waals surface area contributed by atoms with Gasteiger partial charge in [0.05, 0.1) is 17.0 Å². The third-order valence-corrected chi connectivity index (χ3v) is 4.14. The number of sulfonamides is 1. The molecule has 2 aromatic rings. The number of hydrogen-bond acceptors (Lipinski definition) is 3. The van der Waals surface area contributed by atoms with Crippen LogP contribution < -0.4 is 4.72 Å². The van der Waals surface area contributed by atoms with E-state index in [2.05, 4.69) is 4.72 Å². The Morgan fingerprint density at radius 3 is 2.54 bits per heavy atom. The van der Waals surface area contributed by atoms with E-state index in [1.54, 1.807) is 18.2 Å². The third kappa shape index (κ3) is 4.69. The van der Waals surface area contributed by atoms with Gasteiger partial charge in [-0.1, -0.05) is 29.8 Å². The van der Waals surface area contributed by atoms with Crippen LogP contribution in [0.1, 0.15) is 15.9 Å². The lowest BCUT2D eigenvalue weighted by atomic mass is 10.1. The van der Waals surface area contributed by atoms with Crippen LogP contribution in [0.2, 0.25) is 5.02 Å². The van der Waals surface area contributed by atoms with Gasteiger partial charge in [0.2, 0.25) is 10.0 Å². The van der Waals surface area contributed by atoms with Gasteiger partial charge in [0, 0.05) is 24.7 Å². The van der Waals surface area contributed by atoms with Crippen molar-refractivity contribution in [2.24, 2.45) is 0 Å². The van der Waals surface area contributed by atoms with Crippen LogP contribution in [0, 0.1) is 5.82 Å². The van der Waals surface area contributed by atoms with E-state index < -0.39 is 15.8 Å². The molecule has 0 spiro atoms. The van der Waals surface area contributed by atoms with Gasteiger partial charge in [-0.2, -0.15) is 0 Å². The summed E-state index contributed by atoms with van der Waals surface area (Å²) in [6.07, 6.45) is 0.988. The summed E-state index contributed by atoms with van der Waals surface area (Å²) in [5.41, 5.74) is 0.741. The van der Waals surface area contributed by atoms with Crippen molar-refractivity contribution in [1.82, 2.24) is 4.90 Å². The van der Waals surface area contributed by atoms with E-state index in [1.807, 2.05) is 0 Å². The summed E-state index contributed by atoms with van der Waals surface area (Å²) < 4.78 is 38.6. The number of nitrogens with zero attached hydrogens (tertiary/aromatic N) is 1. The Morgan fingerprint density at radius 2 is 1.92 bits per heavy atom. The summed E-state index contributed by atoms with van der Waals surface area (Å²) in [5, 5.41) is 0.175. The summed E-state index contributed by atoms with van der Waals surface area (Å²) in [6.45, 7) is 0.0863. The molecule has 0 aromatic heterocycles. The minimum absolute atomic E-state index is 0.0863. The normalized spacial score (nSPS) is 11.2. The molecule has 24 heavy (non-hydrogen) atoms. The highest BCUT2D eigenvalue weighted by Crippen LogP contribution is 2.24. The highest BCUT2D eigenvalue weighted by atomic mass is 35.5. The molecule has 0 bridgehead atoms. The highest BCUT2D eigenvalue weighted by Gasteiger charge is 2.16. The molecular formula is C16H16ClFN2O3S. The predicted octanol–water partition coefficient (Wildman–Crippen LogP) is 3.12. The topological polar surface area (TPSA) is 66.5 Å². The molecule has 0 saturated carbocycles. The molecule has 0 aliphatic rings. The molecule has 2 aromatic carbocycles. The largest absolute Gasteiger partial charge is 0.337 e. The third-order valence-electron chi connectivity index (χ3n) is 3.22. The van der Waals surface area contributed by atoms with Crippen LogP contribution in [0.4, 0.5) is 10.1 Å². The van der Waals surface area contributed by atoms with Crippen LogP contribution in [0.5, 0.6) is 0 Å². The maximum Gasteiger partial charge on any atom is 0.253 e. The van der Waals surface area contributed by atoms with E-state index in [4.69, 9.17) is 11.6 Å². The summed E-state index contributed by atoms with van der Waals surface area (Å²) in [6, 6.07) is 10.4. The predicted molar refractivity (Wildman–Crippen MR) is 92.1 cm³/mol. The minimum atomic E-state index is -3.53. The van der Waals surface area contributed by atoms with Crippen LogP contribution >= 0.6 is 11.6 Å². The molecule has 128 valence electrons. The van der Waals surface area contributed by atoms with Gasteiger partial charge in [0.25, 0.3) is 5.91 Å². The van der Waals surface area contributed by atoms with Gasteiger partial charge in [-0.15, -0.1) is 0 Å². The summed E-state index contributed by atoms with van der Waals surface area (Å²) in [5.74, 6) is -0.779. The monoisotopic (exact) mass is 370 g/mol. The molecule has 5 nitrogen and oxygen atoms in total. The SMILES string of the molecule is CN(Cc1ccccc1F)C(=O)c1ccc(Cl)c(NS(C)(=O)=O)c1. The fourth-order valence-electron chi connectivity index (χ4n) is 2.11. The Morgan fingerprint density at radius 1 is 1.25 bits per heavy atom. The molecule has 0 aliphatic heterocycles. The van der Waals surface area contributed by atoms with Gasteiger partial charge >= 0.3 is 0 Å². The number of rotatable bonds is 5. The molecule has 1 amide bonds. The van der Waals surface area contributed by atoms with Crippen molar-refractivity contribution in [1.29, 1.82) is 0 Å². The first-order valence-electron chi connectivity index (χ1n) is 6.93. The molecule has 8 heteroatoms. The zero-order valence-corrected chi connectivity index (χ0v) is 14.7. The van der Waals surface area contributed by atoms with Crippen molar-refractivity contribution < 1.29 is 17.6 Å². The zero-order valence-electron chi connectivity index (χ0n) is 13.1. The fraction of sp³-hybridized carbons (Fsp3) is 0.188. The van der Waals surface area contributed by atoms with Gasteiger partial charge in [0.1, 0.15) is 5.82 Å². The second-order valence-electron chi connectivity index (χ2n) is 5.32. The number of anilines is 1. The Labute approximate surface area is 145 Å². The summed E-state index contributed by atoms with van der Waals surface area (Å²) >= 11 is 5.94. The average molecular weight is 371 g/mol. The smallest absolute Gasteiger partial charge is 0.253 e. The van der Waals surface area contributed by atoms with Crippen LogP contribution in [0.25, 0.3) is 0 Å². The first-order valence-corrected chi connectivity index (χ1v) is 9.20. The molecule has 0 atom stereocenters. The van der Waals surface area contributed by atoms with Gasteiger partial charge in [-0.05, 0) is 24.3 Å². The molecule has 0 radical (unpaired) electrons. The summed E-state index contributed by atoms with van der Waals surface area (Å²) in [7, 11) is -1.99. The highest BCUT2D eigenvalue weighted by molar-refractivity contribution is 7.92. The molecule has 0 heterocycles. The fourth-order valence-corrected chi connectivity index (χ4v) is 2.90. The lowest BCUT2D eigenvalue weighted by molar-refractivity contribution is 0.0784. The average Bonchev–Trinajstić information content (AvgIpc) is 2.49. The quantitative estimate of drug-likeness (QED) is 0.879. The zero-order chi connectivity index (χ0) is 17.9. The Balaban J connectivity index is 2.23. The molecule has 0 saturated heterocycles. The van der Waals surface area contributed by atoms with Crippen molar-refractivity contribution in [2.75, 3.05) is 18.0 Å². The van der Waals surface area contributed by atoms with Crippen molar-refractivity contribution in [2.45, 2.75) is 6.54 Å². The second kappa shape index (κ2) is 7.19. The number of carbonyl (C=O) groups excluding carboxylic acids is 1. The molecule has 1 N–H and O–H groups in total. The Kier molecular flexibility index (Phi) is 5.46. The standard InChI is InChI=1S/C16H16ClFN2O3S/c1-20(10-12-5-3-4-6-14(12)18)16(21)11-7-8-13(17)15(9-11)19-24(2,22)23/h3-9,19H,10H2,1-2H3. The number of carbonyl (C=O) groups is 1. The first-order chi connectivity index (χ1) is 11.2. The Hall–Kier alpha value is -2.12. The maximum atomic E-state index is 13.7. The van der Waals surface area contributed by atoms with E-state index in [1.165, 1.54) is 36.2 Å². The van der Waals surface area contributed by atoms with E-state index in [9.17, 15) is 17.6 Å². The van der Waals surface area contributed by atoms with Gasteiger partial charge in [-0.25, -0.2) is 12.8 Å². The minimum Gasteiger partial charge on any atom is -0.337 e. The number of amides is 1. The number of halogens is 2. The van der Waals surface area contributed by atoms with Crippen LogP contribution in [-0.4, -0.2) is 32.5 Å². The van der Waals surface area contributed by atoms with Crippen LogP contribution in [0.3, 0.4) is 0 Å². The molecule has 0 aliphatic carbocycles. The van der Waals surface area contributed by atoms with Crippen LogP contribution in [-0.2, 0) is 16.6 Å². The van der Waals surface area contributed by atoms with Crippen molar-refractivity contribution in [3.63, 3.8) is 0 Å². The lowest BCUT2D eigenvalue weighted by Crippen LogP contribution is -2.26. The van der Waals surface area contributed by atoms with Gasteiger partial charge in [0.15, 0.2) is 0 Å². The molecular weight excluding hydrogens is 355 g/mol. The van der Waals surface area contributed by atoms with E-state index in [-0.39, 0.29) is 28.7 Å². The van der Waals surface area contributed by atoms with E-state index in [0.29, 0.717) is 5.56 Å². The molecule has 0 unspecified atom stereocenters. The van der Waals surface area contributed by atoms with Crippen molar-refractivity contribution >= 4 is 33.2 Å². The first kappa shape index (κ1) is 18.2. The van der Waals surface area contributed by atoms with Crippen molar-refractivity contribution in [3.8, 4) is 0 Å². The van der Waals surface area contributed by atoms with Gasteiger partial charge < -0.3 is 4.90 Å². The number of benzene rings is 2. The Bertz CT molecular complexity index is 871. The van der Waals surface area contributed by atoms with E-state index >= 15 is 0 Å². The second-order valence-corrected chi connectivity index (χ2v) is 7.48. The van der Waals surface area contributed by atoms with Crippen LogP contribution in [0.15, 0.2) is 42.5 Å². The number of nitrogens with one attached hydrogen (secondary N) is 1. The number of hydrogen-bond donors (Lipinski definition) is 1. The molecule has 2 rings (SSSR count). The van der Waals surface area contributed by atoms with E-state index in [0.717, 1.165) is 6.26 Å². The van der Waals surface area contributed by atoms with Crippen molar-refractivity contribution in [3.05, 3.63) is 64.4 Å². The lowest BCUT2D eigenvalue weighted by Gasteiger charge is -2.18.